The fraction of sp³-hybridized carbons (Fsp3) is 0.388. The van der Waals surface area contributed by atoms with E-state index in [4.69, 9.17) is 15.2 Å². The van der Waals surface area contributed by atoms with Crippen LogP contribution in [0.25, 0.3) is 0 Å². The Morgan fingerprint density at radius 1 is 0.537 bits per heavy atom. The van der Waals surface area contributed by atoms with Crippen LogP contribution in [0, 0.1) is 6.92 Å². The number of aliphatic hydroxyl groups excluding tert-OH is 3. The molecule has 18 heteroatoms. The third kappa shape index (κ3) is 14.6. The lowest BCUT2D eigenvalue weighted by atomic mass is 9.84. The Hall–Kier alpha value is -6.86. The van der Waals surface area contributed by atoms with Crippen molar-refractivity contribution < 1.29 is 39.2 Å². The van der Waals surface area contributed by atoms with Crippen molar-refractivity contribution in [1.82, 2.24) is 29.7 Å². The minimum atomic E-state index is -0.868. The van der Waals surface area contributed by atoms with Gasteiger partial charge >= 0.3 is 0 Å². The topological polar surface area (TPSA) is 258 Å². The molecule has 5 aromatic rings. The van der Waals surface area contributed by atoms with Crippen molar-refractivity contribution in [3.63, 3.8) is 0 Å². The number of benzene rings is 2. The number of nitrogens with two attached hydrogens (primary N) is 1. The van der Waals surface area contributed by atoms with Crippen molar-refractivity contribution in [2.24, 2.45) is 5.73 Å². The molecule has 358 valence electrons. The Morgan fingerprint density at radius 2 is 0.881 bits per heavy atom. The van der Waals surface area contributed by atoms with Gasteiger partial charge in [0, 0.05) is 87.2 Å². The summed E-state index contributed by atoms with van der Waals surface area (Å²) in [6, 6.07) is 22.3. The van der Waals surface area contributed by atoms with E-state index in [1.165, 1.54) is 50.5 Å². The van der Waals surface area contributed by atoms with Gasteiger partial charge in [-0.25, -0.2) is 0 Å². The highest BCUT2D eigenvalue weighted by molar-refractivity contribution is 5.96. The maximum Gasteiger partial charge on any atom is 0.271 e. The van der Waals surface area contributed by atoms with E-state index in [0.29, 0.717) is 38.5 Å². The standard InChI is InChI=1S/C49H61N7O11/c1-35-38(60)15-24-54(27-30-57)41(35)46(63)51-21-8-18-49(50,19-9-22-52-47(64)42-44(39(61)16-25-55(42)28-31-58)66-33-36-11-4-2-5-12-36)20-10-23-53-48(65)43-45(40(62)17-26-56(43)29-32-59)67-34-37-13-6-3-7-14-37/h2-7,11-17,24-26,57-59H,8-10,18-23,27-34,50H2,1H3,(H,51,63)(H,52,64)(H,53,65). The van der Waals surface area contributed by atoms with E-state index in [1.54, 1.807) is 6.92 Å². The number of rotatable bonds is 27. The molecular weight excluding hydrogens is 863 g/mol. The largest absolute Gasteiger partial charge is 0.483 e. The van der Waals surface area contributed by atoms with Gasteiger partial charge in [-0.3, -0.25) is 28.8 Å². The quantitative estimate of drug-likeness (QED) is 0.0375. The first-order chi connectivity index (χ1) is 32.4. The van der Waals surface area contributed by atoms with Crippen molar-refractivity contribution >= 4 is 17.7 Å². The number of amides is 3. The first-order valence-corrected chi connectivity index (χ1v) is 22.4. The molecule has 3 heterocycles. The van der Waals surface area contributed by atoms with Gasteiger partial charge in [-0.2, -0.15) is 0 Å². The summed E-state index contributed by atoms with van der Waals surface area (Å²) in [5.41, 5.74) is 6.87. The number of ether oxygens (including phenoxy) is 2. The number of nitrogens with zero attached hydrogens (tertiary/aromatic N) is 3. The summed E-state index contributed by atoms with van der Waals surface area (Å²) in [6.07, 6.45) is 6.74. The molecule has 67 heavy (non-hydrogen) atoms. The molecule has 0 spiro atoms. The number of pyridine rings is 3. The number of aliphatic hydroxyl groups is 3. The normalized spacial score (nSPS) is 11.2. The van der Waals surface area contributed by atoms with Crippen LogP contribution in [0.5, 0.6) is 11.5 Å². The molecule has 0 aliphatic rings. The fourth-order valence-corrected chi connectivity index (χ4v) is 7.74. The molecule has 18 nitrogen and oxygen atoms in total. The van der Waals surface area contributed by atoms with Crippen LogP contribution in [0.15, 0.2) is 112 Å². The molecule has 3 amide bonds. The summed E-state index contributed by atoms with van der Waals surface area (Å²) in [5, 5.41) is 37.6. The lowest BCUT2D eigenvalue weighted by Gasteiger charge is -2.30. The van der Waals surface area contributed by atoms with Crippen molar-refractivity contribution in [2.75, 3.05) is 39.5 Å². The number of aromatic nitrogens is 3. The number of hydrogen-bond acceptors (Lipinski definition) is 12. The van der Waals surface area contributed by atoms with E-state index < -0.39 is 34.1 Å². The number of hydrogen-bond donors (Lipinski definition) is 7. The summed E-state index contributed by atoms with van der Waals surface area (Å²) in [5.74, 6) is -1.92. The van der Waals surface area contributed by atoms with Gasteiger partial charge in [0.05, 0.1) is 19.8 Å². The Balaban J connectivity index is 1.27. The van der Waals surface area contributed by atoms with Gasteiger partial charge in [0.2, 0.25) is 10.9 Å². The van der Waals surface area contributed by atoms with Crippen LogP contribution in [0.4, 0.5) is 0 Å². The average Bonchev–Trinajstić information content (AvgIpc) is 3.32. The lowest BCUT2D eigenvalue weighted by molar-refractivity contribution is 0.0927. The monoisotopic (exact) mass is 923 g/mol. The zero-order chi connectivity index (χ0) is 48.2. The maximum atomic E-state index is 13.7. The van der Waals surface area contributed by atoms with Crippen molar-refractivity contribution in [1.29, 1.82) is 0 Å². The second-order valence-corrected chi connectivity index (χ2v) is 16.1. The highest BCUT2D eigenvalue weighted by atomic mass is 16.5. The lowest BCUT2D eigenvalue weighted by Crippen LogP contribution is -2.42. The second kappa shape index (κ2) is 25.7. The van der Waals surface area contributed by atoms with E-state index in [9.17, 15) is 44.1 Å². The van der Waals surface area contributed by atoms with Crippen molar-refractivity contribution in [3.05, 3.63) is 162 Å². The predicted molar refractivity (Wildman–Crippen MR) is 251 cm³/mol. The Bertz CT molecular complexity index is 2460. The maximum absolute atomic E-state index is 13.7. The number of carbonyl (C=O) groups is 3. The summed E-state index contributed by atoms with van der Waals surface area (Å²) >= 11 is 0. The molecule has 5 rings (SSSR count). The molecule has 3 aromatic heterocycles. The fourth-order valence-electron chi connectivity index (χ4n) is 7.74. The van der Waals surface area contributed by atoms with Gasteiger partial charge in [0.25, 0.3) is 17.7 Å². The molecule has 0 aliphatic heterocycles. The highest BCUT2D eigenvalue weighted by Gasteiger charge is 2.27. The van der Waals surface area contributed by atoms with Gasteiger partial charge in [-0.05, 0) is 56.6 Å². The van der Waals surface area contributed by atoms with Crippen LogP contribution in [-0.4, -0.2) is 91.7 Å². The van der Waals surface area contributed by atoms with Crippen molar-refractivity contribution in [2.45, 2.75) is 83.8 Å². The minimum absolute atomic E-state index is 0.0301. The van der Waals surface area contributed by atoms with Crippen LogP contribution in [0.3, 0.4) is 0 Å². The molecule has 2 aromatic carbocycles. The predicted octanol–water partition coefficient (Wildman–Crippen LogP) is 2.24. The smallest absolute Gasteiger partial charge is 0.271 e. The van der Waals surface area contributed by atoms with E-state index in [-0.39, 0.29) is 112 Å². The van der Waals surface area contributed by atoms with Crippen LogP contribution < -0.4 is 47.4 Å². The van der Waals surface area contributed by atoms with Gasteiger partial charge in [-0.1, -0.05) is 60.7 Å². The van der Waals surface area contributed by atoms with Crippen molar-refractivity contribution in [3.8, 4) is 11.5 Å². The summed E-state index contributed by atoms with van der Waals surface area (Å²) < 4.78 is 16.2. The molecule has 0 fully saturated rings. The summed E-state index contributed by atoms with van der Waals surface area (Å²) in [6.45, 7) is 1.55. The molecule has 0 radical (unpaired) electrons. The average molecular weight is 924 g/mol. The molecule has 0 atom stereocenters. The van der Waals surface area contributed by atoms with E-state index >= 15 is 0 Å². The van der Waals surface area contributed by atoms with E-state index in [1.807, 2.05) is 60.7 Å². The number of nitrogens with one attached hydrogen (secondary N) is 3. The molecular formula is C49H61N7O11. The van der Waals surface area contributed by atoms with Crippen LogP contribution in [0.1, 0.15) is 86.7 Å². The first-order valence-electron chi connectivity index (χ1n) is 22.4. The van der Waals surface area contributed by atoms with Crippen LogP contribution >= 0.6 is 0 Å². The Labute approximate surface area is 388 Å². The zero-order valence-corrected chi connectivity index (χ0v) is 37.8. The second-order valence-electron chi connectivity index (χ2n) is 16.1. The molecule has 0 saturated heterocycles. The van der Waals surface area contributed by atoms with Gasteiger partial charge in [-0.15, -0.1) is 0 Å². The molecule has 8 N–H and O–H groups in total. The van der Waals surface area contributed by atoms with E-state index in [2.05, 4.69) is 16.0 Å². The first kappa shape index (κ1) is 51.1. The molecule has 0 aliphatic carbocycles. The molecule has 0 bridgehead atoms. The van der Waals surface area contributed by atoms with E-state index in [0.717, 1.165) is 11.1 Å². The van der Waals surface area contributed by atoms with Gasteiger partial charge < -0.3 is 60.2 Å². The Kier molecular flexibility index (Phi) is 19.6. The third-order valence-corrected chi connectivity index (χ3v) is 11.2. The van der Waals surface area contributed by atoms with Gasteiger partial charge in [0.15, 0.2) is 28.3 Å². The summed E-state index contributed by atoms with van der Waals surface area (Å²) in [4.78, 5) is 79.2. The highest BCUT2D eigenvalue weighted by Crippen LogP contribution is 2.23. The molecule has 0 unspecified atom stereocenters. The zero-order valence-electron chi connectivity index (χ0n) is 37.8. The third-order valence-electron chi connectivity index (χ3n) is 11.2. The number of carbonyl (C=O) groups excluding carboxylic acids is 3. The van der Waals surface area contributed by atoms with Crippen LogP contribution in [0.2, 0.25) is 0 Å². The minimum Gasteiger partial charge on any atom is -0.483 e. The molecule has 0 saturated carbocycles. The van der Waals surface area contributed by atoms with Crippen LogP contribution in [-0.2, 0) is 32.8 Å². The summed E-state index contributed by atoms with van der Waals surface area (Å²) in [7, 11) is 0. The Morgan fingerprint density at radius 3 is 1.25 bits per heavy atom. The van der Waals surface area contributed by atoms with Gasteiger partial charge in [0.1, 0.15) is 18.9 Å². The SMILES string of the molecule is Cc1c(C(=O)NCCCC(N)(CCCNC(=O)c2c(OCc3ccccc3)c(=O)ccn2CCO)CCCNC(=O)c2c(OCc3ccccc3)c(=O)ccn2CCO)n(CCO)ccc1=O.